The van der Waals surface area contributed by atoms with Gasteiger partial charge in [0.15, 0.2) is 0 Å². The molecule has 0 amide bonds. The molecular weight excluding hydrogens is 214 g/mol. The van der Waals surface area contributed by atoms with Crippen molar-refractivity contribution in [2.45, 2.75) is 65.9 Å². The van der Waals surface area contributed by atoms with Crippen molar-refractivity contribution >= 4 is 5.97 Å². The maximum atomic E-state index is 11.6. The van der Waals surface area contributed by atoms with E-state index in [4.69, 9.17) is 10.5 Å². The molecule has 0 radical (unpaired) electrons. The smallest absolute Gasteiger partial charge is 0.306 e. The average Bonchev–Trinajstić information content (AvgIpc) is 2.22. The number of esters is 1. The van der Waals surface area contributed by atoms with Gasteiger partial charge in [0, 0.05) is 6.42 Å². The van der Waals surface area contributed by atoms with Gasteiger partial charge in [-0.2, -0.15) is 0 Å². The molecule has 0 aromatic rings. The van der Waals surface area contributed by atoms with Crippen molar-refractivity contribution < 1.29 is 9.53 Å². The zero-order valence-electron chi connectivity index (χ0n) is 11.9. The molecule has 102 valence electrons. The molecule has 0 rings (SSSR count). The predicted molar refractivity (Wildman–Crippen MR) is 71.7 cm³/mol. The summed E-state index contributed by atoms with van der Waals surface area (Å²) < 4.78 is 5.36. The fourth-order valence-corrected chi connectivity index (χ4v) is 2.11. The van der Waals surface area contributed by atoms with E-state index in [1.807, 2.05) is 6.92 Å². The molecule has 0 saturated carbocycles. The first-order valence-corrected chi connectivity index (χ1v) is 6.89. The SMILES string of the molecule is CCC(CCN)CCC(=O)OC(C)CC(C)C. The van der Waals surface area contributed by atoms with Crippen LogP contribution in [0.2, 0.25) is 0 Å². The van der Waals surface area contributed by atoms with E-state index in [-0.39, 0.29) is 12.1 Å². The van der Waals surface area contributed by atoms with Crippen LogP contribution < -0.4 is 5.73 Å². The van der Waals surface area contributed by atoms with E-state index < -0.39 is 0 Å². The van der Waals surface area contributed by atoms with Crippen molar-refractivity contribution in [3.63, 3.8) is 0 Å². The highest BCUT2D eigenvalue weighted by Gasteiger charge is 2.13. The van der Waals surface area contributed by atoms with E-state index in [0.717, 1.165) is 25.7 Å². The van der Waals surface area contributed by atoms with Crippen molar-refractivity contribution in [3.05, 3.63) is 0 Å². The van der Waals surface area contributed by atoms with E-state index in [1.165, 1.54) is 0 Å². The molecule has 0 heterocycles. The number of ether oxygens (including phenoxy) is 1. The summed E-state index contributed by atoms with van der Waals surface area (Å²) in [6.07, 6.45) is 4.50. The van der Waals surface area contributed by atoms with Crippen LogP contribution in [0.1, 0.15) is 59.8 Å². The molecule has 0 aliphatic carbocycles. The summed E-state index contributed by atoms with van der Waals surface area (Å²) in [6.45, 7) is 9.09. The summed E-state index contributed by atoms with van der Waals surface area (Å²) in [5.41, 5.74) is 5.53. The van der Waals surface area contributed by atoms with Gasteiger partial charge < -0.3 is 10.5 Å². The summed E-state index contributed by atoms with van der Waals surface area (Å²) in [5, 5.41) is 0. The van der Waals surface area contributed by atoms with Crippen LogP contribution in [0.4, 0.5) is 0 Å². The third kappa shape index (κ3) is 9.16. The highest BCUT2D eigenvalue weighted by molar-refractivity contribution is 5.69. The third-order valence-electron chi connectivity index (χ3n) is 3.04. The molecule has 2 atom stereocenters. The minimum Gasteiger partial charge on any atom is -0.463 e. The van der Waals surface area contributed by atoms with Crippen LogP contribution >= 0.6 is 0 Å². The summed E-state index contributed by atoms with van der Waals surface area (Å²) in [4.78, 5) is 11.6. The molecule has 0 saturated heterocycles. The van der Waals surface area contributed by atoms with Gasteiger partial charge in [0.05, 0.1) is 6.10 Å². The van der Waals surface area contributed by atoms with Crippen LogP contribution in [0.5, 0.6) is 0 Å². The summed E-state index contributed by atoms with van der Waals surface area (Å²) in [7, 11) is 0. The van der Waals surface area contributed by atoms with Gasteiger partial charge in [-0.25, -0.2) is 0 Å². The quantitative estimate of drug-likeness (QED) is 0.633. The first kappa shape index (κ1) is 16.4. The van der Waals surface area contributed by atoms with Gasteiger partial charge in [-0.05, 0) is 44.6 Å². The summed E-state index contributed by atoms with van der Waals surface area (Å²) >= 11 is 0. The number of hydrogen-bond donors (Lipinski definition) is 1. The van der Waals surface area contributed by atoms with E-state index in [9.17, 15) is 4.79 Å². The lowest BCUT2D eigenvalue weighted by molar-refractivity contribution is -0.149. The van der Waals surface area contributed by atoms with E-state index in [2.05, 4.69) is 20.8 Å². The zero-order chi connectivity index (χ0) is 13.3. The maximum Gasteiger partial charge on any atom is 0.306 e. The molecule has 2 N–H and O–H groups in total. The Morgan fingerprint density at radius 3 is 2.35 bits per heavy atom. The van der Waals surface area contributed by atoms with Gasteiger partial charge in [-0.3, -0.25) is 4.79 Å². The molecule has 0 bridgehead atoms. The van der Waals surface area contributed by atoms with E-state index >= 15 is 0 Å². The Kier molecular flexibility index (Phi) is 9.14. The third-order valence-corrected chi connectivity index (χ3v) is 3.04. The molecule has 3 nitrogen and oxygen atoms in total. The highest BCUT2D eigenvalue weighted by atomic mass is 16.5. The van der Waals surface area contributed by atoms with Crippen LogP contribution in [0.25, 0.3) is 0 Å². The molecular formula is C14H29NO2. The van der Waals surface area contributed by atoms with Crippen LogP contribution in [0.15, 0.2) is 0 Å². The summed E-state index contributed by atoms with van der Waals surface area (Å²) in [5.74, 6) is 1.07. The van der Waals surface area contributed by atoms with Crippen molar-refractivity contribution in [2.24, 2.45) is 17.6 Å². The Morgan fingerprint density at radius 1 is 1.24 bits per heavy atom. The first-order chi connectivity index (χ1) is 7.99. The topological polar surface area (TPSA) is 52.3 Å². The molecule has 0 spiro atoms. The summed E-state index contributed by atoms with van der Waals surface area (Å²) in [6, 6.07) is 0. The zero-order valence-corrected chi connectivity index (χ0v) is 11.9. The molecule has 0 aliphatic rings. The van der Waals surface area contributed by atoms with Crippen molar-refractivity contribution in [2.75, 3.05) is 6.54 Å². The average molecular weight is 243 g/mol. The lowest BCUT2D eigenvalue weighted by Gasteiger charge is -2.17. The second-order valence-electron chi connectivity index (χ2n) is 5.32. The van der Waals surface area contributed by atoms with Crippen molar-refractivity contribution in [1.29, 1.82) is 0 Å². The monoisotopic (exact) mass is 243 g/mol. The Balaban J connectivity index is 3.77. The van der Waals surface area contributed by atoms with Gasteiger partial charge in [-0.1, -0.05) is 27.2 Å². The Bertz CT molecular complexity index is 204. The number of hydrogen-bond acceptors (Lipinski definition) is 3. The highest BCUT2D eigenvalue weighted by Crippen LogP contribution is 2.16. The molecule has 0 aromatic heterocycles. The van der Waals surface area contributed by atoms with Crippen LogP contribution in [0.3, 0.4) is 0 Å². The van der Waals surface area contributed by atoms with E-state index in [1.54, 1.807) is 0 Å². The lowest BCUT2D eigenvalue weighted by Crippen LogP contribution is -2.18. The molecule has 3 heteroatoms. The second-order valence-corrected chi connectivity index (χ2v) is 5.32. The van der Waals surface area contributed by atoms with Gasteiger partial charge in [0.2, 0.25) is 0 Å². The van der Waals surface area contributed by atoms with Crippen molar-refractivity contribution in [1.82, 2.24) is 0 Å². The van der Waals surface area contributed by atoms with E-state index in [0.29, 0.717) is 24.8 Å². The van der Waals surface area contributed by atoms with Crippen LogP contribution in [-0.2, 0) is 9.53 Å². The Morgan fingerprint density at radius 2 is 1.88 bits per heavy atom. The maximum absolute atomic E-state index is 11.6. The largest absolute Gasteiger partial charge is 0.463 e. The van der Waals surface area contributed by atoms with Gasteiger partial charge in [0.25, 0.3) is 0 Å². The number of carbonyl (C=O) groups excluding carboxylic acids is 1. The van der Waals surface area contributed by atoms with Gasteiger partial charge in [0.1, 0.15) is 0 Å². The van der Waals surface area contributed by atoms with Gasteiger partial charge >= 0.3 is 5.97 Å². The minimum absolute atomic E-state index is 0.0390. The fraction of sp³-hybridized carbons (Fsp3) is 0.929. The second kappa shape index (κ2) is 9.46. The van der Waals surface area contributed by atoms with Crippen molar-refractivity contribution in [3.8, 4) is 0 Å². The van der Waals surface area contributed by atoms with Crippen LogP contribution in [0, 0.1) is 11.8 Å². The molecule has 0 aromatic carbocycles. The molecule has 0 fully saturated rings. The normalized spacial score (nSPS) is 14.7. The molecule has 17 heavy (non-hydrogen) atoms. The predicted octanol–water partition coefficient (Wildman–Crippen LogP) is 3.12. The number of carbonyl (C=O) groups is 1. The molecule has 2 unspecified atom stereocenters. The lowest BCUT2D eigenvalue weighted by atomic mass is 9.97. The Hall–Kier alpha value is -0.570. The molecule has 0 aliphatic heterocycles. The van der Waals surface area contributed by atoms with Crippen LogP contribution in [-0.4, -0.2) is 18.6 Å². The van der Waals surface area contributed by atoms with Gasteiger partial charge in [-0.15, -0.1) is 0 Å². The Labute approximate surface area is 106 Å². The minimum atomic E-state index is -0.0615. The number of nitrogens with two attached hydrogens (primary N) is 1. The fourth-order valence-electron chi connectivity index (χ4n) is 2.11. The standard InChI is InChI=1S/C14H29NO2/c1-5-13(8-9-15)6-7-14(16)17-12(4)10-11(2)3/h11-13H,5-10,15H2,1-4H3. The first-order valence-electron chi connectivity index (χ1n) is 6.89. The number of rotatable bonds is 9.